The van der Waals surface area contributed by atoms with Crippen LogP contribution < -0.4 is 10.6 Å². The highest BCUT2D eigenvalue weighted by Gasteiger charge is 1.97. The summed E-state index contributed by atoms with van der Waals surface area (Å²) in [6.07, 6.45) is 0.964. The second-order valence-electron chi connectivity index (χ2n) is 3.34. The van der Waals surface area contributed by atoms with E-state index in [1.807, 2.05) is 25.1 Å². The molecule has 3 nitrogen and oxygen atoms in total. The molecular formula is C12H18N2OS. The lowest BCUT2D eigenvalue weighted by Crippen LogP contribution is -2.36. The van der Waals surface area contributed by atoms with Crippen LogP contribution in [0.1, 0.15) is 13.3 Å². The Morgan fingerprint density at radius 3 is 2.56 bits per heavy atom. The first kappa shape index (κ1) is 12.9. The fourth-order valence-corrected chi connectivity index (χ4v) is 1.94. The first-order valence-electron chi connectivity index (χ1n) is 5.52. The van der Waals surface area contributed by atoms with E-state index in [9.17, 15) is 4.79 Å². The van der Waals surface area contributed by atoms with E-state index in [1.165, 1.54) is 4.90 Å². The van der Waals surface area contributed by atoms with Gasteiger partial charge in [-0.25, -0.2) is 4.79 Å². The standard InChI is InChI=1S/C12H18N2OS/c1-2-8-13-12(15)14-9-10-16-11-6-4-3-5-7-11/h3-7H,2,8-10H2,1H3,(H2,13,14,15). The van der Waals surface area contributed by atoms with Gasteiger partial charge in [0.15, 0.2) is 0 Å². The van der Waals surface area contributed by atoms with Crippen LogP contribution in [0.15, 0.2) is 35.2 Å². The van der Waals surface area contributed by atoms with E-state index in [2.05, 4.69) is 22.8 Å². The second-order valence-corrected chi connectivity index (χ2v) is 4.51. The molecule has 0 aliphatic carbocycles. The van der Waals surface area contributed by atoms with Crippen molar-refractivity contribution in [2.45, 2.75) is 18.2 Å². The topological polar surface area (TPSA) is 41.1 Å². The maximum absolute atomic E-state index is 11.2. The minimum Gasteiger partial charge on any atom is -0.338 e. The third-order valence-electron chi connectivity index (χ3n) is 1.94. The summed E-state index contributed by atoms with van der Waals surface area (Å²) in [5.74, 6) is 0.892. The molecule has 2 N–H and O–H groups in total. The molecule has 0 saturated carbocycles. The quantitative estimate of drug-likeness (QED) is 0.590. The SMILES string of the molecule is CCCNC(=O)NCCSc1ccccc1. The normalized spacial score (nSPS) is 9.81. The van der Waals surface area contributed by atoms with Crippen molar-refractivity contribution >= 4 is 17.8 Å². The van der Waals surface area contributed by atoms with Gasteiger partial charge in [-0.15, -0.1) is 11.8 Å². The van der Waals surface area contributed by atoms with Gasteiger partial charge in [-0.1, -0.05) is 25.1 Å². The van der Waals surface area contributed by atoms with Gasteiger partial charge in [-0.3, -0.25) is 0 Å². The van der Waals surface area contributed by atoms with Crippen LogP contribution in [0.2, 0.25) is 0 Å². The Morgan fingerprint density at radius 1 is 1.19 bits per heavy atom. The molecule has 4 heteroatoms. The minimum absolute atomic E-state index is 0.0736. The smallest absolute Gasteiger partial charge is 0.314 e. The van der Waals surface area contributed by atoms with Gasteiger partial charge < -0.3 is 10.6 Å². The van der Waals surface area contributed by atoms with Gasteiger partial charge in [0.25, 0.3) is 0 Å². The van der Waals surface area contributed by atoms with Crippen molar-refractivity contribution in [2.75, 3.05) is 18.8 Å². The second kappa shape index (κ2) is 8.05. The van der Waals surface area contributed by atoms with Crippen molar-refractivity contribution in [3.63, 3.8) is 0 Å². The van der Waals surface area contributed by atoms with Gasteiger partial charge >= 0.3 is 6.03 Å². The van der Waals surface area contributed by atoms with Crippen LogP contribution in [0.3, 0.4) is 0 Å². The molecule has 0 unspecified atom stereocenters. The van der Waals surface area contributed by atoms with E-state index in [4.69, 9.17) is 0 Å². The van der Waals surface area contributed by atoms with E-state index in [0.717, 1.165) is 18.7 Å². The highest BCUT2D eigenvalue weighted by molar-refractivity contribution is 7.99. The summed E-state index contributed by atoms with van der Waals surface area (Å²) >= 11 is 1.74. The van der Waals surface area contributed by atoms with E-state index in [0.29, 0.717) is 6.54 Å². The van der Waals surface area contributed by atoms with Crippen LogP contribution in [0.5, 0.6) is 0 Å². The van der Waals surface area contributed by atoms with Gasteiger partial charge in [0.05, 0.1) is 0 Å². The summed E-state index contributed by atoms with van der Waals surface area (Å²) in [7, 11) is 0. The minimum atomic E-state index is -0.0736. The Labute approximate surface area is 101 Å². The molecule has 0 fully saturated rings. The van der Waals surface area contributed by atoms with Crippen molar-refractivity contribution in [3.05, 3.63) is 30.3 Å². The maximum Gasteiger partial charge on any atom is 0.314 e. The van der Waals surface area contributed by atoms with Crippen LogP contribution >= 0.6 is 11.8 Å². The van der Waals surface area contributed by atoms with Gasteiger partial charge in [-0.2, -0.15) is 0 Å². The number of hydrogen-bond acceptors (Lipinski definition) is 2. The van der Waals surface area contributed by atoms with Crippen LogP contribution in [-0.2, 0) is 0 Å². The number of benzene rings is 1. The highest BCUT2D eigenvalue weighted by atomic mass is 32.2. The average molecular weight is 238 g/mol. The fraction of sp³-hybridized carbons (Fsp3) is 0.417. The zero-order valence-electron chi connectivity index (χ0n) is 9.53. The van der Waals surface area contributed by atoms with Crippen LogP contribution in [0, 0.1) is 0 Å². The first-order valence-corrected chi connectivity index (χ1v) is 6.51. The lowest BCUT2D eigenvalue weighted by molar-refractivity contribution is 0.241. The molecule has 0 aromatic heterocycles. The molecule has 0 bridgehead atoms. The number of amides is 2. The molecule has 88 valence electrons. The Hall–Kier alpha value is -1.16. The molecule has 0 atom stereocenters. The summed E-state index contributed by atoms with van der Waals surface area (Å²) in [5, 5.41) is 5.59. The molecular weight excluding hydrogens is 220 g/mol. The maximum atomic E-state index is 11.2. The van der Waals surface area contributed by atoms with Gasteiger partial charge in [0, 0.05) is 23.7 Å². The van der Waals surface area contributed by atoms with E-state index in [-0.39, 0.29) is 6.03 Å². The lowest BCUT2D eigenvalue weighted by Gasteiger charge is -2.06. The van der Waals surface area contributed by atoms with E-state index in [1.54, 1.807) is 11.8 Å². The molecule has 16 heavy (non-hydrogen) atoms. The molecule has 0 aliphatic heterocycles. The summed E-state index contributed by atoms with van der Waals surface area (Å²) in [6, 6.07) is 10.1. The lowest BCUT2D eigenvalue weighted by atomic mass is 10.4. The number of nitrogens with one attached hydrogen (secondary N) is 2. The zero-order chi connectivity index (χ0) is 11.6. The van der Waals surface area contributed by atoms with Gasteiger partial charge in [0.1, 0.15) is 0 Å². The predicted octanol–water partition coefficient (Wildman–Crippen LogP) is 2.49. The number of carbonyl (C=O) groups is 1. The Morgan fingerprint density at radius 2 is 1.88 bits per heavy atom. The summed E-state index contributed by atoms with van der Waals surface area (Å²) in [6.45, 7) is 3.46. The molecule has 1 aromatic carbocycles. The molecule has 1 aromatic rings. The number of rotatable bonds is 6. The molecule has 2 amide bonds. The Bertz CT molecular complexity index is 303. The van der Waals surface area contributed by atoms with Crippen molar-refractivity contribution in [2.24, 2.45) is 0 Å². The molecule has 0 heterocycles. The summed E-state index contributed by atoms with van der Waals surface area (Å²) in [5.41, 5.74) is 0. The molecule has 0 spiro atoms. The zero-order valence-corrected chi connectivity index (χ0v) is 10.3. The monoisotopic (exact) mass is 238 g/mol. The molecule has 0 aliphatic rings. The third kappa shape index (κ3) is 5.66. The summed E-state index contributed by atoms with van der Waals surface area (Å²) in [4.78, 5) is 12.4. The van der Waals surface area contributed by atoms with E-state index >= 15 is 0 Å². The van der Waals surface area contributed by atoms with Gasteiger partial charge in [0.2, 0.25) is 0 Å². The van der Waals surface area contributed by atoms with Crippen LogP contribution in [-0.4, -0.2) is 24.9 Å². The fourth-order valence-electron chi connectivity index (χ4n) is 1.15. The predicted molar refractivity (Wildman–Crippen MR) is 68.9 cm³/mol. The molecule has 1 rings (SSSR count). The third-order valence-corrected chi connectivity index (χ3v) is 2.95. The number of carbonyl (C=O) groups excluding carboxylic acids is 1. The van der Waals surface area contributed by atoms with Crippen molar-refractivity contribution in [1.82, 2.24) is 10.6 Å². The summed E-state index contributed by atoms with van der Waals surface area (Å²) < 4.78 is 0. The Balaban J connectivity index is 2.06. The first-order chi connectivity index (χ1) is 7.83. The van der Waals surface area contributed by atoms with Crippen molar-refractivity contribution in [3.8, 4) is 0 Å². The van der Waals surface area contributed by atoms with Crippen LogP contribution in [0.4, 0.5) is 4.79 Å². The van der Waals surface area contributed by atoms with Crippen LogP contribution in [0.25, 0.3) is 0 Å². The largest absolute Gasteiger partial charge is 0.338 e. The Kier molecular flexibility index (Phi) is 6.49. The van der Waals surface area contributed by atoms with Crippen molar-refractivity contribution < 1.29 is 4.79 Å². The van der Waals surface area contributed by atoms with E-state index < -0.39 is 0 Å². The number of thioether (sulfide) groups is 1. The molecule has 0 saturated heterocycles. The molecule has 0 radical (unpaired) electrons. The average Bonchev–Trinajstić information content (AvgIpc) is 2.33. The highest BCUT2D eigenvalue weighted by Crippen LogP contribution is 2.15. The van der Waals surface area contributed by atoms with Gasteiger partial charge in [-0.05, 0) is 18.6 Å². The number of hydrogen-bond donors (Lipinski definition) is 2. The van der Waals surface area contributed by atoms with Crippen molar-refractivity contribution in [1.29, 1.82) is 0 Å². The number of urea groups is 1.